The second-order valence-electron chi connectivity index (χ2n) is 7.61. The normalized spacial score (nSPS) is 24.6. The van der Waals surface area contributed by atoms with Gasteiger partial charge in [-0.2, -0.15) is 0 Å². The number of hydrogen-bond donors (Lipinski definition) is 2. The summed E-state index contributed by atoms with van der Waals surface area (Å²) in [6, 6.07) is 13.3. The molecule has 29 heavy (non-hydrogen) atoms. The number of piperidine rings is 1. The van der Waals surface area contributed by atoms with E-state index < -0.39 is 0 Å². The molecule has 0 bridgehead atoms. The van der Waals surface area contributed by atoms with Crippen molar-refractivity contribution in [1.29, 1.82) is 0 Å². The minimum absolute atomic E-state index is 0.184. The molecule has 1 atom stereocenters. The highest BCUT2D eigenvalue weighted by molar-refractivity contribution is 6.21. The van der Waals surface area contributed by atoms with Gasteiger partial charge in [0.1, 0.15) is 11.6 Å². The quantitative estimate of drug-likeness (QED) is 0.752. The maximum atomic E-state index is 13.2. The lowest BCUT2D eigenvalue weighted by Gasteiger charge is -2.32. The first-order valence-electron chi connectivity index (χ1n) is 9.92. The Morgan fingerprint density at radius 2 is 1.83 bits per heavy atom. The van der Waals surface area contributed by atoms with Crippen LogP contribution in [-0.4, -0.2) is 44.1 Å². The monoisotopic (exact) mass is 398 g/mol. The van der Waals surface area contributed by atoms with Crippen LogP contribution >= 0.6 is 0 Å². The van der Waals surface area contributed by atoms with Crippen molar-refractivity contribution in [2.45, 2.75) is 31.3 Å². The zero-order chi connectivity index (χ0) is 20.4. The molecular weight excluding hydrogens is 373 g/mol. The van der Waals surface area contributed by atoms with E-state index in [0.29, 0.717) is 11.7 Å². The second kappa shape index (κ2) is 8.21. The van der Waals surface area contributed by atoms with Gasteiger partial charge in [0.05, 0.1) is 32.3 Å². The maximum absolute atomic E-state index is 13.2. The number of halogens is 1. The van der Waals surface area contributed by atoms with E-state index in [9.17, 15) is 14.0 Å². The van der Waals surface area contributed by atoms with Crippen LogP contribution < -0.4 is 19.9 Å². The van der Waals surface area contributed by atoms with Gasteiger partial charge in [-0.3, -0.25) is 9.59 Å². The molecule has 152 valence electrons. The Hall–Kier alpha value is -2.93. The number of imide groups is 1. The zero-order valence-electron chi connectivity index (χ0n) is 16.4. The highest BCUT2D eigenvalue weighted by Crippen LogP contribution is 2.23. The molecule has 0 unspecified atom stereocenters. The molecule has 0 saturated carbocycles. The minimum Gasteiger partial charge on any atom is -0.497 e. The van der Waals surface area contributed by atoms with Crippen molar-refractivity contribution >= 4 is 23.2 Å². The number of nitrogens with one attached hydrogen (secondary N) is 2. The summed E-state index contributed by atoms with van der Waals surface area (Å²) in [6.07, 6.45) is 2.04. The minimum atomic E-state index is -0.388. The van der Waals surface area contributed by atoms with Gasteiger partial charge >= 0.3 is 0 Å². The first-order valence-corrected chi connectivity index (χ1v) is 9.92. The molecule has 6 nitrogen and oxygen atoms in total. The molecule has 2 fully saturated rings. The number of rotatable bonds is 5. The number of carbonyl (C=O) groups is 2. The van der Waals surface area contributed by atoms with E-state index in [1.54, 1.807) is 7.11 Å². The van der Waals surface area contributed by atoms with Gasteiger partial charge in [-0.25, -0.2) is 9.29 Å². The smallest absolute Gasteiger partial charge is 0.292 e. The molecule has 7 heteroatoms. The molecule has 2 aromatic rings. The van der Waals surface area contributed by atoms with Gasteiger partial charge in [0.25, 0.3) is 5.91 Å². The van der Waals surface area contributed by atoms with Crippen LogP contribution in [0.15, 0.2) is 48.5 Å². The highest BCUT2D eigenvalue weighted by Gasteiger charge is 2.46. The number of likely N-dealkylation sites (tertiary alicyclic amines) is 1. The summed E-state index contributed by atoms with van der Waals surface area (Å²) in [6.45, 7) is 1.64. The Bertz CT molecular complexity index is 894. The van der Waals surface area contributed by atoms with Crippen LogP contribution in [0, 0.1) is 5.82 Å². The number of carbonyl (C=O) groups excluding carboxylic acids is 2. The van der Waals surface area contributed by atoms with Gasteiger partial charge < -0.3 is 15.0 Å². The number of nitrogens with zero attached hydrogens (tertiary/aromatic N) is 1. The van der Waals surface area contributed by atoms with Crippen LogP contribution in [0.1, 0.15) is 19.3 Å². The fourth-order valence-corrected chi connectivity index (χ4v) is 4.24. The molecule has 2 aliphatic heterocycles. The molecule has 0 aromatic heterocycles. The largest absolute Gasteiger partial charge is 0.497 e. The van der Waals surface area contributed by atoms with E-state index >= 15 is 0 Å². The van der Waals surface area contributed by atoms with E-state index in [4.69, 9.17) is 4.74 Å². The van der Waals surface area contributed by atoms with E-state index in [0.717, 1.165) is 42.3 Å². The molecular formula is C22H25FN3O3+. The first-order chi connectivity index (χ1) is 14.0. The average Bonchev–Trinajstić information content (AvgIpc) is 3.03. The lowest BCUT2D eigenvalue weighted by Crippen LogP contribution is -3.17. The third-order valence-corrected chi connectivity index (χ3v) is 5.79. The van der Waals surface area contributed by atoms with Gasteiger partial charge in [-0.15, -0.1) is 0 Å². The molecule has 2 amide bonds. The Morgan fingerprint density at radius 1 is 1.10 bits per heavy atom. The average molecular weight is 398 g/mol. The van der Waals surface area contributed by atoms with Crippen LogP contribution in [0.5, 0.6) is 5.75 Å². The zero-order valence-corrected chi connectivity index (χ0v) is 16.4. The Kier molecular flexibility index (Phi) is 5.49. The van der Waals surface area contributed by atoms with Crippen LogP contribution in [0.4, 0.5) is 15.8 Å². The van der Waals surface area contributed by atoms with Crippen molar-refractivity contribution in [2.24, 2.45) is 0 Å². The fraction of sp³-hybridized carbons (Fsp3) is 0.364. The topological polar surface area (TPSA) is 63.1 Å². The van der Waals surface area contributed by atoms with E-state index in [-0.39, 0.29) is 30.1 Å². The van der Waals surface area contributed by atoms with Gasteiger partial charge in [-0.1, -0.05) is 6.07 Å². The first kappa shape index (κ1) is 19.4. The molecule has 0 aliphatic carbocycles. The van der Waals surface area contributed by atoms with Crippen molar-refractivity contribution in [2.75, 3.05) is 30.4 Å². The lowest BCUT2D eigenvalue weighted by molar-refractivity contribution is -0.919. The number of benzene rings is 2. The number of quaternary nitrogens is 1. The summed E-state index contributed by atoms with van der Waals surface area (Å²) in [5, 5.41) is 3.54. The van der Waals surface area contributed by atoms with Crippen LogP contribution in [0.2, 0.25) is 0 Å². The number of anilines is 2. The number of amides is 2. The van der Waals surface area contributed by atoms with Crippen molar-refractivity contribution in [1.82, 2.24) is 0 Å². The third kappa shape index (κ3) is 4.10. The van der Waals surface area contributed by atoms with E-state index in [1.165, 1.54) is 29.2 Å². The summed E-state index contributed by atoms with van der Waals surface area (Å²) in [4.78, 5) is 27.7. The third-order valence-electron chi connectivity index (χ3n) is 5.79. The number of ether oxygens (including phenoxy) is 1. The molecule has 4 rings (SSSR count). The predicted molar refractivity (Wildman–Crippen MR) is 108 cm³/mol. The van der Waals surface area contributed by atoms with E-state index in [1.807, 2.05) is 24.3 Å². The number of methoxy groups -OCH3 is 1. The summed E-state index contributed by atoms with van der Waals surface area (Å²) in [7, 11) is 1.65. The summed E-state index contributed by atoms with van der Waals surface area (Å²) in [5.74, 6) is 0.0289. The second-order valence-corrected chi connectivity index (χ2v) is 7.61. The highest BCUT2D eigenvalue weighted by atomic mass is 19.1. The van der Waals surface area contributed by atoms with Crippen LogP contribution in [0.25, 0.3) is 0 Å². The molecule has 2 saturated heterocycles. The lowest BCUT2D eigenvalue weighted by atomic mass is 10.0. The molecule has 0 radical (unpaired) electrons. The van der Waals surface area contributed by atoms with Crippen molar-refractivity contribution in [3.8, 4) is 5.75 Å². The van der Waals surface area contributed by atoms with Crippen molar-refractivity contribution < 1.29 is 23.6 Å². The Morgan fingerprint density at radius 3 is 2.52 bits per heavy atom. The summed E-state index contributed by atoms with van der Waals surface area (Å²) < 4.78 is 18.4. The predicted octanol–water partition coefficient (Wildman–Crippen LogP) is 1.63. The van der Waals surface area contributed by atoms with Gasteiger partial charge in [0, 0.05) is 30.6 Å². The molecule has 0 spiro atoms. The Labute approximate surface area is 169 Å². The van der Waals surface area contributed by atoms with Gasteiger partial charge in [0.2, 0.25) is 5.91 Å². The van der Waals surface area contributed by atoms with Gasteiger partial charge in [-0.05, 0) is 36.4 Å². The summed E-state index contributed by atoms with van der Waals surface area (Å²) in [5.41, 5.74) is 1.46. The van der Waals surface area contributed by atoms with E-state index in [2.05, 4.69) is 5.32 Å². The van der Waals surface area contributed by atoms with Crippen LogP contribution in [0.3, 0.4) is 0 Å². The van der Waals surface area contributed by atoms with Crippen molar-refractivity contribution in [3.05, 3.63) is 54.3 Å². The van der Waals surface area contributed by atoms with Crippen molar-refractivity contribution in [3.63, 3.8) is 0 Å². The van der Waals surface area contributed by atoms with Gasteiger partial charge in [0.15, 0.2) is 6.04 Å². The molecule has 2 aromatic carbocycles. The molecule has 2 heterocycles. The molecule has 2 aliphatic rings. The number of hydrogen-bond acceptors (Lipinski definition) is 4. The standard InChI is InChI=1S/C22H24FN3O3/c1-29-19-4-2-3-17(13-19)24-16-9-11-25(12-10-16)20-14-21(27)26(22(20)28)18-7-5-15(23)6-8-18/h2-8,13,16,20,24H,9-12,14H2,1H3/p+1/t20-/m1/s1. The van der Waals surface area contributed by atoms with Crippen LogP contribution in [-0.2, 0) is 9.59 Å². The Balaban J connectivity index is 1.36. The molecule has 2 N–H and O–H groups in total. The SMILES string of the molecule is COc1cccc(NC2CC[NH+]([C@@H]3CC(=O)N(c4ccc(F)cc4)C3=O)CC2)c1. The fourth-order valence-electron chi connectivity index (χ4n) is 4.24. The summed E-state index contributed by atoms with van der Waals surface area (Å²) >= 11 is 0. The maximum Gasteiger partial charge on any atom is 0.292 e.